The van der Waals surface area contributed by atoms with Gasteiger partial charge in [0.1, 0.15) is 0 Å². The normalized spacial score (nSPS) is 16.2. The molecule has 4 aliphatic carbocycles. The van der Waals surface area contributed by atoms with Gasteiger partial charge in [-0.2, -0.15) is 0 Å². The molecule has 0 aliphatic heterocycles. The molecule has 0 fully saturated rings. The molecule has 0 amide bonds. The fourth-order valence-electron chi connectivity index (χ4n) is 10.5. The van der Waals surface area contributed by atoms with Crippen LogP contribution in [0.15, 0.2) is 224 Å². The molecule has 4 aliphatic rings. The van der Waals surface area contributed by atoms with Gasteiger partial charge in [-0.1, -0.05) is 188 Å². The van der Waals surface area contributed by atoms with Crippen molar-refractivity contribution in [1.82, 2.24) is 0 Å². The molecular weight excluding hydrogens is 699 g/mol. The highest BCUT2D eigenvalue weighted by molar-refractivity contribution is 6.06. The van der Waals surface area contributed by atoms with Crippen LogP contribution in [0.3, 0.4) is 0 Å². The number of allylic oxidation sites excluding steroid dienone is 8. The van der Waals surface area contributed by atoms with Crippen molar-refractivity contribution in [1.29, 1.82) is 0 Å². The molecule has 0 aromatic heterocycles. The van der Waals surface area contributed by atoms with Gasteiger partial charge in [-0.15, -0.1) is 0 Å². The van der Waals surface area contributed by atoms with Gasteiger partial charge in [0.15, 0.2) is 0 Å². The Morgan fingerprint density at radius 2 is 1.02 bits per heavy atom. The molecule has 1 atom stereocenters. The van der Waals surface area contributed by atoms with Gasteiger partial charge in [0, 0.05) is 22.7 Å². The molecule has 0 saturated carbocycles. The number of hydrogen-bond acceptors (Lipinski definition) is 1. The van der Waals surface area contributed by atoms with Gasteiger partial charge in [-0.25, -0.2) is 0 Å². The largest absolute Gasteiger partial charge is 0.310 e. The highest BCUT2D eigenvalue weighted by Gasteiger charge is 2.51. The van der Waals surface area contributed by atoms with Crippen molar-refractivity contribution in [3.63, 3.8) is 0 Å². The molecule has 272 valence electrons. The monoisotopic (exact) mass is 737 g/mol. The smallest absolute Gasteiger partial charge is 0.0726 e. The average Bonchev–Trinajstić information content (AvgIpc) is 3.77. The van der Waals surface area contributed by atoms with E-state index in [0.717, 1.165) is 23.5 Å². The van der Waals surface area contributed by atoms with E-state index in [0.29, 0.717) is 5.92 Å². The van der Waals surface area contributed by atoms with Gasteiger partial charge in [0.2, 0.25) is 0 Å². The average molecular weight is 738 g/mol. The summed E-state index contributed by atoms with van der Waals surface area (Å²) < 4.78 is 0. The fraction of sp³-hybridized carbons (Fsp3) is 0.0526. The van der Waals surface area contributed by atoms with Gasteiger partial charge in [0.05, 0.1) is 11.1 Å². The van der Waals surface area contributed by atoms with Crippen LogP contribution >= 0.6 is 0 Å². The molecule has 0 N–H and O–H groups in total. The first-order valence-corrected chi connectivity index (χ1v) is 20.5. The molecule has 1 unspecified atom stereocenters. The zero-order chi connectivity index (χ0) is 38.2. The first-order chi connectivity index (χ1) is 28.8. The first-order valence-electron chi connectivity index (χ1n) is 20.5. The van der Waals surface area contributed by atoms with E-state index in [2.05, 4.69) is 223 Å². The highest BCUT2D eigenvalue weighted by Crippen LogP contribution is 2.63. The summed E-state index contributed by atoms with van der Waals surface area (Å²) in [5.41, 5.74) is 20.0. The Morgan fingerprint density at radius 3 is 1.72 bits per heavy atom. The molecule has 58 heavy (non-hydrogen) atoms. The summed E-state index contributed by atoms with van der Waals surface area (Å²) in [6.07, 6.45) is 14.8. The predicted octanol–water partition coefficient (Wildman–Crippen LogP) is 14.8. The van der Waals surface area contributed by atoms with Crippen molar-refractivity contribution in [2.75, 3.05) is 4.90 Å². The Kier molecular flexibility index (Phi) is 7.34. The number of fused-ring (bicyclic) bond motifs is 12. The lowest BCUT2D eigenvalue weighted by molar-refractivity contribution is 0.783. The van der Waals surface area contributed by atoms with Crippen LogP contribution in [0.25, 0.3) is 49.7 Å². The maximum atomic E-state index is 2.50. The van der Waals surface area contributed by atoms with E-state index in [4.69, 9.17) is 0 Å². The summed E-state index contributed by atoms with van der Waals surface area (Å²) in [5.74, 6) is 0.460. The third kappa shape index (κ3) is 4.77. The van der Waals surface area contributed by atoms with E-state index in [1.54, 1.807) is 0 Å². The van der Waals surface area contributed by atoms with E-state index < -0.39 is 5.41 Å². The Labute approximate surface area is 339 Å². The summed E-state index contributed by atoms with van der Waals surface area (Å²) in [4.78, 5) is 2.49. The van der Waals surface area contributed by atoms with Gasteiger partial charge < -0.3 is 4.90 Å². The summed E-state index contributed by atoms with van der Waals surface area (Å²) in [5, 5.41) is 2.48. The van der Waals surface area contributed by atoms with Crippen LogP contribution in [-0.4, -0.2) is 0 Å². The van der Waals surface area contributed by atoms with Gasteiger partial charge >= 0.3 is 0 Å². The number of hydrogen-bond donors (Lipinski definition) is 0. The lowest BCUT2D eigenvalue weighted by Crippen LogP contribution is -2.26. The maximum Gasteiger partial charge on any atom is 0.0726 e. The maximum absolute atomic E-state index is 2.50. The quantitative estimate of drug-likeness (QED) is 0.170. The third-order valence-electron chi connectivity index (χ3n) is 13.0. The molecule has 0 heterocycles. The van der Waals surface area contributed by atoms with Crippen LogP contribution in [-0.2, 0) is 5.41 Å². The zero-order valence-electron chi connectivity index (χ0n) is 32.0. The van der Waals surface area contributed by atoms with Crippen molar-refractivity contribution < 1.29 is 0 Å². The van der Waals surface area contributed by atoms with Crippen molar-refractivity contribution >= 4 is 33.4 Å². The Morgan fingerprint density at radius 1 is 0.448 bits per heavy atom. The zero-order valence-corrected chi connectivity index (χ0v) is 32.0. The Balaban J connectivity index is 1.09. The fourth-order valence-corrected chi connectivity index (χ4v) is 10.5. The molecular formula is C57H39N. The molecule has 0 bridgehead atoms. The van der Waals surface area contributed by atoms with Crippen LogP contribution < -0.4 is 4.90 Å². The number of anilines is 3. The number of benzene rings is 8. The third-order valence-corrected chi connectivity index (χ3v) is 13.0. The predicted molar refractivity (Wildman–Crippen MR) is 243 cm³/mol. The summed E-state index contributed by atoms with van der Waals surface area (Å²) in [7, 11) is 0. The SMILES string of the molecule is C1=CC2=CC(c3ccc(N(c4ccc(-c5ccccc5)cc4)c4ccc5c(c4)C4(c6ccccc6-c6ccccc64)c4ccccc4-5)c4ccccc34)=CCC2C=C1. The number of rotatable bonds is 5. The minimum Gasteiger partial charge on any atom is -0.310 e. The second-order valence-corrected chi connectivity index (χ2v) is 15.9. The van der Waals surface area contributed by atoms with E-state index in [9.17, 15) is 0 Å². The van der Waals surface area contributed by atoms with Crippen molar-refractivity contribution in [3.8, 4) is 33.4 Å². The minimum absolute atomic E-state index is 0.425. The van der Waals surface area contributed by atoms with Crippen molar-refractivity contribution in [2.45, 2.75) is 11.8 Å². The van der Waals surface area contributed by atoms with Crippen LogP contribution in [0.2, 0.25) is 0 Å². The highest BCUT2D eigenvalue weighted by atomic mass is 15.1. The second-order valence-electron chi connectivity index (χ2n) is 15.9. The first kappa shape index (κ1) is 33.0. The van der Waals surface area contributed by atoms with E-state index in [1.165, 1.54) is 83.1 Å². The molecule has 0 radical (unpaired) electrons. The van der Waals surface area contributed by atoms with E-state index in [-0.39, 0.29) is 0 Å². The molecule has 8 aromatic rings. The van der Waals surface area contributed by atoms with Crippen LogP contribution in [0, 0.1) is 5.92 Å². The minimum atomic E-state index is -0.425. The van der Waals surface area contributed by atoms with Crippen LogP contribution in [0.5, 0.6) is 0 Å². The molecule has 0 saturated heterocycles. The van der Waals surface area contributed by atoms with Crippen LogP contribution in [0.4, 0.5) is 17.1 Å². The Hall–Kier alpha value is -7.22. The topological polar surface area (TPSA) is 3.24 Å². The molecule has 1 nitrogen and oxygen atoms in total. The van der Waals surface area contributed by atoms with Crippen molar-refractivity contribution in [2.24, 2.45) is 5.92 Å². The summed E-state index contributed by atoms with van der Waals surface area (Å²) >= 11 is 0. The van der Waals surface area contributed by atoms with E-state index in [1.807, 2.05) is 0 Å². The summed E-state index contributed by atoms with van der Waals surface area (Å²) in [6.45, 7) is 0. The number of nitrogens with zero attached hydrogens (tertiary/aromatic N) is 1. The van der Waals surface area contributed by atoms with Gasteiger partial charge in [0.25, 0.3) is 0 Å². The van der Waals surface area contributed by atoms with Gasteiger partial charge in [-0.05, 0) is 114 Å². The second kappa shape index (κ2) is 12.9. The summed E-state index contributed by atoms with van der Waals surface area (Å²) in [6, 6.07) is 67.9. The van der Waals surface area contributed by atoms with Crippen LogP contribution in [0.1, 0.15) is 34.2 Å². The lowest BCUT2D eigenvalue weighted by Gasteiger charge is -2.32. The standard InChI is InChI=1S/C57H39N/c1-2-14-38(15-3-1)40-28-30-43(31-29-40)58(56-35-34-45(46-18-6-7-22-51(46)56)42-27-26-39-16-4-5-17-41(39)36-42)44-32-33-50-49-21-10-13-25-54(49)57(55(50)37-44)52-23-11-8-19-47(52)48-20-9-12-24-53(48)57/h1-25,27-37,39H,26H2. The molecule has 12 rings (SSSR count). The van der Waals surface area contributed by atoms with Gasteiger partial charge in [-0.3, -0.25) is 0 Å². The molecule has 1 heteroatoms. The van der Waals surface area contributed by atoms with Crippen molar-refractivity contribution in [3.05, 3.63) is 252 Å². The molecule has 8 aromatic carbocycles. The van der Waals surface area contributed by atoms with E-state index >= 15 is 0 Å². The molecule has 1 spiro atoms. The Bertz CT molecular complexity index is 3020. The lowest BCUT2D eigenvalue weighted by atomic mass is 9.70.